The summed E-state index contributed by atoms with van der Waals surface area (Å²) in [5.41, 5.74) is 4.27. The van der Waals surface area contributed by atoms with Crippen LogP contribution in [0, 0.1) is 0 Å². The topological polar surface area (TPSA) is 80.9 Å². The first kappa shape index (κ1) is 18.1. The Kier molecular flexibility index (Phi) is 5.79. The van der Waals surface area contributed by atoms with Gasteiger partial charge in [-0.05, 0) is 43.3 Å². The van der Waals surface area contributed by atoms with Crippen molar-refractivity contribution < 1.29 is 18.7 Å². The van der Waals surface area contributed by atoms with Gasteiger partial charge < -0.3 is 9.15 Å². The lowest BCUT2D eigenvalue weighted by molar-refractivity contribution is 0.0526. The summed E-state index contributed by atoms with van der Waals surface area (Å²) in [4.78, 5) is 23.6. The largest absolute Gasteiger partial charge is 0.462 e. The molecule has 1 aromatic heterocycles. The molecule has 136 valence electrons. The molecule has 2 aromatic carbocycles. The highest BCUT2D eigenvalue weighted by Crippen LogP contribution is 2.22. The summed E-state index contributed by atoms with van der Waals surface area (Å²) < 4.78 is 10.6. The minimum absolute atomic E-state index is 0.298. The number of furan rings is 1. The number of hydrogen-bond acceptors (Lipinski definition) is 5. The summed E-state index contributed by atoms with van der Waals surface area (Å²) in [6.45, 7) is 2.10. The Morgan fingerprint density at radius 3 is 2.44 bits per heavy atom. The molecule has 0 aliphatic carbocycles. The van der Waals surface area contributed by atoms with Gasteiger partial charge in [-0.15, -0.1) is 0 Å². The second-order valence-corrected chi connectivity index (χ2v) is 5.56. The fraction of sp³-hybridized carbons (Fsp3) is 0.0952. The van der Waals surface area contributed by atoms with Crippen molar-refractivity contribution in [2.24, 2.45) is 5.10 Å². The van der Waals surface area contributed by atoms with E-state index in [1.165, 1.54) is 6.21 Å². The van der Waals surface area contributed by atoms with Crippen LogP contribution in [0.3, 0.4) is 0 Å². The molecule has 0 aliphatic rings. The van der Waals surface area contributed by atoms with Crippen LogP contribution < -0.4 is 5.43 Å². The van der Waals surface area contributed by atoms with Gasteiger partial charge in [0.2, 0.25) is 0 Å². The van der Waals surface area contributed by atoms with Crippen LogP contribution in [0.5, 0.6) is 0 Å². The van der Waals surface area contributed by atoms with E-state index in [0.717, 1.165) is 5.56 Å². The van der Waals surface area contributed by atoms with E-state index in [4.69, 9.17) is 9.15 Å². The highest BCUT2D eigenvalue weighted by molar-refractivity contribution is 5.94. The van der Waals surface area contributed by atoms with E-state index in [0.29, 0.717) is 29.3 Å². The SMILES string of the molecule is CCOC(=O)c1ccc(-c2ccc(C=NNC(=O)c3ccccc3)o2)cc1. The Morgan fingerprint density at radius 2 is 1.74 bits per heavy atom. The smallest absolute Gasteiger partial charge is 0.338 e. The van der Waals surface area contributed by atoms with Crippen molar-refractivity contribution in [2.45, 2.75) is 6.92 Å². The van der Waals surface area contributed by atoms with Crippen LogP contribution in [0.1, 0.15) is 33.4 Å². The molecule has 0 atom stereocenters. The summed E-state index contributed by atoms with van der Waals surface area (Å²) in [6, 6.07) is 19.3. The van der Waals surface area contributed by atoms with E-state index in [9.17, 15) is 9.59 Å². The van der Waals surface area contributed by atoms with Gasteiger partial charge in [0.1, 0.15) is 11.5 Å². The molecule has 0 aliphatic heterocycles. The monoisotopic (exact) mass is 362 g/mol. The lowest BCUT2D eigenvalue weighted by Crippen LogP contribution is -2.17. The minimum Gasteiger partial charge on any atom is -0.462 e. The maximum atomic E-state index is 11.9. The van der Waals surface area contributed by atoms with Crippen LogP contribution in [-0.4, -0.2) is 24.7 Å². The van der Waals surface area contributed by atoms with Crippen LogP contribution in [0.25, 0.3) is 11.3 Å². The normalized spacial score (nSPS) is 10.7. The number of nitrogens with one attached hydrogen (secondary N) is 1. The molecule has 0 saturated carbocycles. The van der Waals surface area contributed by atoms with Crippen molar-refractivity contribution in [1.29, 1.82) is 0 Å². The fourth-order valence-electron chi connectivity index (χ4n) is 2.37. The Balaban J connectivity index is 1.63. The number of esters is 1. The maximum Gasteiger partial charge on any atom is 0.338 e. The molecular weight excluding hydrogens is 344 g/mol. The van der Waals surface area contributed by atoms with Crippen LogP contribution in [-0.2, 0) is 4.74 Å². The van der Waals surface area contributed by atoms with Crippen molar-refractivity contribution in [3.05, 3.63) is 83.6 Å². The third kappa shape index (κ3) is 4.70. The Bertz CT molecular complexity index is 944. The number of nitrogens with zero attached hydrogens (tertiary/aromatic N) is 1. The fourth-order valence-corrected chi connectivity index (χ4v) is 2.37. The van der Waals surface area contributed by atoms with Crippen molar-refractivity contribution >= 4 is 18.1 Å². The second kappa shape index (κ2) is 8.62. The lowest BCUT2D eigenvalue weighted by Gasteiger charge is -2.02. The molecule has 6 nitrogen and oxygen atoms in total. The molecule has 0 radical (unpaired) electrons. The third-order valence-corrected chi connectivity index (χ3v) is 3.70. The maximum absolute atomic E-state index is 11.9. The zero-order valence-electron chi connectivity index (χ0n) is 14.7. The van der Waals surface area contributed by atoms with Crippen molar-refractivity contribution in [3.63, 3.8) is 0 Å². The van der Waals surface area contributed by atoms with E-state index in [1.807, 2.05) is 6.07 Å². The number of amides is 1. The number of hydrogen-bond donors (Lipinski definition) is 1. The Hall–Kier alpha value is -3.67. The molecular formula is C21H18N2O4. The lowest BCUT2D eigenvalue weighted by atomic mass is 10.1. The van der Waals surface area contributed by atoms with Crippen LogP contribution in [0.4, 0.5) is 0 Å². The molecule has 6 heteroatoms. The molecule has 0 unspecified atom stereocenters. The third-order valence-electron chi connectivity index (χ3n) is 3.70. The van der Waals surface area contributed by atoms with Crippen LogP contribution >= 0.6 is 0 Å². The molecule has 3 aromatic rings. The van der Waals surface area contributed by atoms with E-state index < -0.39 is 0 Å². The Morgan fingerprint density at radius 1 is 1.00 bits per heavy atom. The van der Waals surface area contributed by atoms with Crippen LogP contribution in [0.15, 0.2) is 76.2 Å². The first-order valence-electron chi connectivity index (χ1n) is 8.43. The van der Waals surface area contributed by atoms with Gasteiger partial charge in [-0.2, -0.15) is 5.10 Å². The number of ether oxygens (including phenoxy) is 1. The molecule has 0 bridgehead atoms. The number of carbonyl (C=O) groups is 2. The molecule has 0 saturated heterocycles. The number of carbonyl (C=O) groups excluding carboxylic acids is 2. The first-order valence-corrected chi connectivity index (χ1v) is 8.43. The first-order chi connectivity index (χ1) is 13.2. The van der Waals surface area contributed by atoms with E-state index in [2.05, 4.69) is 10.5 Å². The van der Waals surface area contributed by atoms with Gasteiger partial charge in [0, 0.05) is 11.1 Å². The summed E-state index contributed by atoms with van der Waals surface area (Å²) in [5.74, 6) is 0.465. The van der Waals surface area contributed by atoms with Crippen molar-refractivity contribution in [2.75, 3.05) is 6.61 Å². The summed E-state index contributed by atoms with van der Waals surface area (Å²) in [6.07, 6.45) is 1.43. The van der Waals surface area contributed by atoms with Crippen molar-refractivity contribution in [1.82, 2.24) is 5.43 Å². The summed E-state index contributed by atoms with van der Waals surface area (Å²) in [5, 5.41) is 3.90. The number of hydrazone groups is 1. The van der Waals surface area contributed by atoms with Gasteiger partial charge in [0.15, 0.2) is 0 Å². The zero-order chi connectivity index (χ0) is 19.1. The van der Waals surface area contributed by atoms with Gasteiger partial charge in [-0.25, -0.2) is 10.2 Å². The van der Waals surface area contributed by atoms with Gasteiger partial charge in [-0.1, -0.05) is 30.3 Å². The summed E-state index contributed by atoms with van der Waals surface area (Å²) in [7, 11) is 0. The second-order valence-electron chi connectivity index (χ2n) is 5.56. The number of benzene rings is 2. The molecule has 1 N–H and O–H groups in total. The molecule has 1 amide bonds. The number of rotatable bonds is 6. The predicted molar refractivity (Wildman–Crippen MR) is 102 cm³/mol. The van der Waals surface area contributed by atoms with Gasteiger partial charge in [0.05, 0.1) is 18.4 Å². The van der Waals surface area contributed by atoms with Crippen molar-refractivity contribution in [3.8, 4) is 11.3 Å². The van der Waals surface area contributed by atoms with E-state index >= 15 is 0 Å². The quantitative estimate of drug-likeness (QED) is 0.410. The molecule has 27 heavy (non-hydrogen) atoms. The van der Waals surface area contributed by atoms with Gasteiger partial charge in [-0.3, -0.25) is 4.79 Å². The van der Waals surface area contributed by atoms with Crippen LogP contribution in [0.2, 0.25) is 0 Å². The summed E-state index contributed by atoms with van der Waals surface area (Å²) >= 11 is 0. The zero-order valence-corrected chi connectivity index (χ0v) is 14.7. The Labute approximate surface area is 156 Å². The molecule has 3 rings (SSSR count). The standard InChI is InChI=1S/C21H18N2O4/c1-2-26-21(25)17-10-8-15(9-11-17)19-13-12-18(27-19)14-22-23-20(24)16-6-4-3-5-7-16/h3-14H,2H2,1H3,(H,23,24). The predicted octanol–water partition coefficient (Wildman–Crippen LogP) is 3.89. The molecule has 1 heterocycles. The highest BCUT2D eigenvalue weighted by Gasteiger charge is 2.08. The average molecular weight is 362 g/mol. The van der Waals surface area contributed by atoms with Gasteiger partial charge in [0.25, 0.3) is 5.91 Å². The molecule has 0 fully saturated rings. The van der Waals surface area contributed by atoms with E-state index in [-0.39, 0.29) is 11.9 Å². The highest BCUT2D eigenvalue weighted by atomic mass is 16.5. The van der Waals surface area contributed by atoms with Gasteiger partial charge >= 0.3 is 5.97 Å². The van der Waals surface area contributed by atoms with E-state index in [1.54, 1.807) is 67.6 Å². The molecule has 0 spiro atoms. The minimum atomic E-state index is -0.356. The average Bonchev–Trinajstić information content (AvgIpc) is 3.18.